The minimum absolute atomic E-state index is 0.0177. The van der Waals surface area contributed by atoms with Crippen molar-refractivity contribution in [2.75, 3.05) is 13.1 Å². The van der Waals surface area contributed by atoms with Gasteiger partial charge in [-0.1, -0.05) is 36.4 Å². The molecular weight excluding hydrogens is 352 g/mol. The largest absolute Gasteiger partial charge is 0.350 e. The molecule has 1 fully saturated rings. The maximum atomic E-state index is 12.5. The highest BCUT2D eigenvalue weighted by molar-refractivity contribution is 5.79. The summed E-state index contributed by atoms with van der Waals surface area (Å²) in [5, 5.41) is 2.97. The number of para-hydroxylation sites is 2. The fraction of sp³-hybridized carbons (Fsp3) is 0.318. The summed E-state index contributed by atoms with van der Waals surface area (Å²) in [7, 11) is 0. The van der Waals surface area contributed by atoms with E-state index < -0.39 is 0 Å². The Labute approximate surface area is 163 Å². The summed E-state index contributed by atoms with van der Waals surface area (Å²) < 4.78 is 1.47. The molecule has 1 aliphatic heterocycles. The molecule has 1 saturated heterocycles. The topological polar surface area (TPSA) is 67.2 Å². The van der Waals surface area contributed by atoms with E-state index in [1.54, 1.807) is 0 Å². The van der Waals surface area contributed by atoms with Crippen molar-refractivity contribution >= 4 is 16.9 Å². The van der Waals surface area contributed by atoms with Gasteiger partial charge in [0.25, 0.3) is 5.56 Å². The molecule has 0 atom stereocenters. The molecule has 28 heavy (non-hydrogen) atoms. The Morgan fingerprint density at radius 3 is 2.54 bits per heavy atom. The second kappa shape index (κ2) is 8.35. The molecule has 0 unspecified atom stereocenters. The monoisotopic (exact) mass is 376 g/mol. The molecule has 4 rings (SSSR count). The summed E-state index contributed by atoms with van der Waals surface area (Å²) in [5.41, 5.74) is 3.46. The van der Waals surface area contributed by atoms with Gasteiger partial charge in [0.15, 0.2) is 0 Å². The van der Waals surface area contributed by atoms with Crippen molar-refractivity contribution in [3.05, 3.63) is 76.2 Å². The average Bonchev–Trinajstić information content (AvgIpc) is 3.23. The third-order valence-corrected chi connectivity index (χ3v) is 5.24. The molecule has 2 aromatic carbocycles. The van der Waals surface area contributed by atoms with Crippen molar-refractivity contribution in [1.82, 2.24) is 19.8 Å². The lowest BCUT2D eigenvalue weighted by Gasteiger charge is -2.18. The van der Waals surface area contributed by atoms with Gasteiger partial charge < -0.3 is 5.32 Å². The van der Waals surface area contributed by atoms with Crippen LogP contribution in [-0.2, 0) is 24.4 Å². The number of hydrogen-bond acceptors (Lipinski definition) is 4. The number of nitrogens with zero attached hydrogens (tertiary/aromatic N) is 3. The SMILES string of the molecule is O=C(Cn1c(=O)cnc2ccccc21)NCc1ccccc1CN1CCCC1. The second-order valence-electron chi connectivity index (χ2n) is 7.20. The lowest BCUT2D eigenvalue weighted by atomic mass is 10.1. The summed E-state index contributed by atoms with van der Waals surface area (Å²) in [5.74, 6) is -0.186. The number of amides is 1. The maximum absolute atomic E-state index is 12.5. The minimum atomic E-state index is -0.275. The molecule has 6 heteroatoms. The molecule has 0 saturated carbocycles. The number of likely N-dealkylation sites (tertiary alicyclic amines) is 1. The molecule has 6 nitrogen and oxygen atoms in total. The van der Waals surface area contributed by atoms with E-state index in [0.29, 0.717) is 17.6 Å². The van der Waals surface area contributed by atoms with Crippen LogP contribution >= 0.6 is 0 Å². The Balaban J connectivity index is 1.44. The van der Waals surface area contributed by atoms with Gasteiger partial charge in [0.2, 0.25) is 5.91 Å². The first kappa shape index (κ1) is 18.4. The van der Waals surface area contributed by atoms with Crippen molar-refractivity contribution in [2.45, 2.75) is 32.5 Å². The molecule has 1 aromatic heterocycles. The standard InChI is InChI=1S/C22H24N4O2/c27-21(16-26-20-10-4-3-9-19(20)23-14-22(26)28)24-13-17-7-1-2-8-18(17)15-25-11-5-6-12-25/h1-4,7-10,14H,5-6,11-13,15-16H2,(H,24,27). The van der Waals surface area contributed by atoms with Crippen LogP contribution in [0, 0.1) is 0 Å². The molecule has 2 heterocycles. The van der Waals surface area contributed by atoms with Gasteiger partial charge in [0, 0.05) is 13.1 Å². The minimum Gasteiger partial charge on any atom is -0.350 e. The van der Waals surface area contributed by atoms with Crippen LogP contribution in [0.2, 0.25) is 0 Å². The zero-order valence-corrected chi connectivity index (χ0v) is 15.8. The summed E-state index contributed by atoms with van der Waals surface area (Å²) >= 11 is 0. The van der Waals surface area contributed by atoms with Crippen LogP contribution in [-0.4, -0.2) is 33.4 Å². The Morgan fingerprint density at radius 1 is 1.00 bits per heavy atom. The predicted molar refractivity (Wildman–Crippen MR) is 109 cm³/mol. The van der Waals surface area contributed by atoms with E-state index in [2.05, 4.69) is 27.3 Å². The van der Waals surface area contributed by atoms with Gasteiger partial charge >= 0.3 is 0 Å². The van der Waals surface area contributed by atoms with Gasteiger partial charge in [0.1, 0.15) is 6.54 Å². The third kappa shape index (κ3) is 4.12. The lowest BCUT2D eigenvalue weighted by molar-refractivity contribution is -0.121. The number of rotatable bonds is 6. The van der Waals surface area contributed by atoms with Crippen LogP contribution in [0.1, 0.15) is 24.0 Å². The number of hydrogen-bond donors (Lipinski definition) is 1. The van der Waals surface area contributed by atoms with Gasteiger partial charge in [-0.05, 0) is 49.2 Å². The lowest BCUT2D eigenvalue weighted by Crippen LogP contribution is -2.32. The Hall–Kier alpha value is -2.99. The van der Waals surface area contributed by atoms with E-state index >= 15 is 0 Å². The van der Waals surface area contributed by atoms with E-state index in [-0.39, 0.29) is 18.0 Å². The van der Waals surface area contributed by atoms with Gasteiger partial charge in [0.05, 0.1) is 17.2 Å². The predicted octanol–water partition coefficient (Wildman–Crippen LogP) is 2.31. The van der Waals surface area contributed by atoms with Gasteiger partial charge in [-0.3, -0.25) is 19.1 Å². The van der Waals surface area contributed by atoms with Crippen LogP contribution in [0.3, 0.4) is 0 Å². The number of fused-ring (bicyclic) bond motifs is 1. The van der Waals surface area contributed by atoms with Crippen LogP contribution in [0.15, 0.2) is 59.5 Å². The normalized spacial score (nSPS) is 14.4. The fourth-order valence-electron chi connectivity index (χ4n) is 3.74. The highest BCUT2D eigenvalue weighted by Crippen LogP contribution is 2.16. The molecule has 3 aromatic rings. The smallest absolute Gasteiger partial charge is 0.269 e. The number of nitrogens with one attached hydrogen (secondary N) is 1. The summed E-state index contributed by atoms with van der Waals surface area (Å²) in [6.45, 7) is 3.63. The quantitative estimate of drug-likeness (QED) is 0.717. The third-order valence-electron chi connectivity index (χ3n) is 5.24. The van der Waals surface area contributed by atoms with Crippen molar-refractivity contribution in [3.8, 4) is 0 Å². The molecule has 1 amide bonds. The number of carbonyl (C=O) groups is 1. The molecule has 0 radical (unpaired) electrons. The molecular formula is C22H24N4O2. The molecule has 1 aliphatic rings. The first-order chi connectivity index (χ1) is 13.7. The van der Waals surface area contributed by atoms with E-state index in [1.807, 2.05) is 36.4 Å². The highest BCUT2D eigenvalue weighted by atomic mass is 16.2. The van der Waals surface area contributed by atoms with Gasteiger partial charge in [-0.2, -0.15) is 0 Å². The molecule has 0 aliphatic carbocycles. The first-order valence-electron chi connectivity index (χ1n) is 9.71. The Morgan fingerprint density at radius 2 is 1.71 bits per heavy atom. The second-order valence-corrected chi connectivity index (χ2v) is 7.20. The number of aromatic nitrogens is 2. The van der Waals surface area contributed by atoms with Crippen molar-refractivity contribution < 1.29 is 4.79 Å². The van der Waals surface area contributed by atoms with Gasteiger partial charge in [-0.15, -0.1) is 0 Å². The fourth-order valence-corrected chi connectivity index (χ4v) is 3.74. The zero-order chi connectivity index (χ0) is 19.3. The van der Waals surface area contributed by atoms with E-state index in [1.165, 1.54) is 29.2 Å². The molecule has 0 spiro atoms. The average molecular weight is 376 g/mol. The molecule has 0 bridgehead atoms. The van der Waals surface area contributed by atoms with Crippen molar-refractivity contribution in [3.63, 3.8) is 0 Å². The van der Waals surface area contributed by atoms with E-state index in [0.717, 1.165) is 25.2 Å². The van der Waals surface area contributed by atoms with Gasteiger partial charge in [-0.25, -0.2) is 4.98 Å². The van der Waals surface area contributed by atoms with Crippen LogP contribution in [0.4, 0.5) is 0 Å². The van der Waals surface area contributed by atoms with Crippen LogP contribution in [0.5, 0.6) is 0 Å². The first-order valence-corrected chi connectivity index (χ1v) is 9.71. The Kier molecular flexibility index (Phi) is 5.48. The summed E-state index contributed by atoms with van der Waals surface area (Å²) in [6, 6.07) is 15.6. The summed E-state index contributed by atoms with van der Waals surface area (Å²) in [4.78, 5) is 31.3. The van der Waals surface area contributed by atoms with Crippen molar-refractivity contribution in [1.29, 1.82) is 0 Å². The molecule has 144 valence electrons. The number of carbonyl (C=O) groups excluding carboxylic acids is 1. The van der Waals surface area contributed by atoms with E-state index in [9.17, 15) is 9.59 Å². The van der Waals surface area contributed by atoms with Crippen LogP contribution < -0.4 is 10.9 Å². The maximum Gasteiger partial charge on any atom is 0.269 e. The highest BCUT2D eigenvalue weighted by Gasteiger charge is 2.14. The molecule has 1 N–H and O–H groups in total. The van der Waals surface area contributed by atoms with E-state index in [4.69, 9.17) is 0 Å². The number of benzene rings is 2. The summed E-state index contributed by atoms with van der Waals surface area (Å²) in [6.07, 6.45) is 3.78. The van der Waals surface area contributed by atoms with Crippen molar-refractivity contribution in [2.24, 2.45) is 0 Å². The Bertz CT molecular complexity index is 1040. The zero-order valence-electron chi connectivity index (χ0n) is 15.8. The van der Waals surface area contributed by atoms with Crippen LogP contribution in [0.25, 0.3) is 11.0 Å².